The molecule has 204 valence electrons. The Balaban J connectivity index is 1.55. The second-order valence-electron chi connectivity index (χ2n) is 9.88. The molecule has 5 rings (SSSR count). The molecule has 0 saturated heterocycles. The van der Waals surface area contributed by atoms with E-state index in [9.17, 15) is 4.79 Å². The molecule has 2 aromatic heterocycles. The van der Waals surface area contributed by atoms with E-state index in [1.807, 2.05) is 36.4 Å². The third-order valence-corrected chi connectivity index (χ3v) is 7.55. The molecular weight excluding hydrogens is 496 g/mol. The van der Waals surface area contributed by atoms with Crippen LogP contribution in [-0.4, -0.2) is 45.2 Å². The van der Waals surface area contributed by atoms with Gasteiger partial charge >= 0.3 is 0 Å². The molecule has 0 aliphatic heterocycles. The smallest absolute Gasteiger partial charge is 0.203 e. The lowest BCUT2D eigenvalue weighted by atomic mass is 9.81. The summed E-state index contributed by atoms with van der Waals surface area (Å²) in [5.41, 5.74) is 10.6. The summed E-state index contributed by atoms with van der Waals surface area (Å²) in [6.45, 7) is 0. The fourth-order valence-corrected chi connectivity index (χ4v) is 5.41. The molecule has 1 fully saturated rings. The van der Waals surface area contributed by atoms with Crippen molar-refractivity contribution in [1.82, 2.24) is 4.98 Å². The van der Waals surface area contributed by atoms with Gasteiger partial charge in [-0.15, -0.1) is 0 Å². The number of pyridine rings is 1. The third kappa shape index (κ3) is 5.29. The number of carbonyl (C=O) groups is 1. The molecule has 0 radical (unpaired) electrons. The van der Waals surface area contributed by atoms with Crippen LogP contribution < -0.4 is 24.7 Å². The second kappa shape index (κ2) is 11.4. The summed E-state index contributed by atoms with van der Waals surface area (Å²) in [6.07, 6.45) is 6.39. The van der Waals surface area contributed by atoms with Crippen molar-refractivity contribution >= 4 is 16.9 Å². The summed E-state index contributed by atoms with van der Waals surface area (Å²) < 4.78 is 28.4. The number of furan rings is 1. The summed E-state index contributed by atoms with van der Waals surface area (Å²) in [5.74, 6) is 3.02. The van der Waals surface area contributed by atoms with E-state index in [0.717, 1.165) is 42.4 Å². The van der Waals surface area contributed by atoms with Crippen molar-refractivity contribution in [3.8, 4) is 45.4 Å². The van der Waals surface area contributed by atoms with Gasteiger partial charge in [-0.2, -0.15) is 0 Å². The first-order chi connectivity index (χ1) is 18.9. The van der Waals surface area contributed by atoms with Crippen LogP contribution in [0.15, 0.2) is 53.1 Å². The number of aromatic nitrogens is 1. The monoisotopic (exact) mass is 530 g/mol. The van der Waals surface area contributed by atoms with Crippen molar-refractivity contribution in [2.75, 3.05) is 28.4 Å². The molecule has 2 heterocycles. The van der Waals surface area contributed by atoms with E-state index in [-0.39, 0.29) is 17.7 Å². The number of ether oxygens (including phenoxy) is 4. The van der Waals surface area contributed by atoms with Gasteiger partial charge in [-0.05, 0) is 60.7 Å². The van der Waals surface area contributed by atoms with Crippen molar-refractivity contribution in [1.29, 1.82) is 0 Å². The SMILES string of the molecule is COc1cc(C(=O)C[C@@H]2CCCC[C@@H]2N)cc(-c2ccnc3cc(-c4cc(OC)c(OC)c(OC)c4)oc23)c1. The van der Waals surface area contributed by atoms with Crippen LogP contribution in [0.4, 0.5) is 0 Å². The molecule has 1 aliphatic carbocycles. The average molecular weight is 531 g/mol. The van der Waals surface area contributed by atoms with Crippen LogP contribution in [0, 0.1) is 5.92 Å². The fraction of sp³-hybridized carbons (Fsp3) is 0.355. The molecule has 2 aromatic carbocycles. The standard InChI is InChI=1S/C31H34N2O6/c1-35-22-12-19(11-20(13-22)26(34)14-18-7-5-6-8-24(18)32)23-9-10-33-25-17-27(39-30(23)25)21-15-28(36-2)31(38-4)29(16-21)37-3/h9-13,15-18,24H,5-8,14,32H2,1-4H3/t18-,24-/m0/s1. The van der Waals surface area contributed by atoms with E-state index in [1.165, 1.54) is 0 Å². The van der Waals surface area contributed by atoms with Crippen molar-refractivity contribution in [3.05, 3.63) is 54.2 Å². The molecule has 0 bridgehead atoms. The lowest BCUT2D eigenvalue weighted by molar-refractivity contribution is 0.0942. The van der Waals surface area contributed by atoms with Crippen LogP contribution in [0.1, 0.15) is 42.5 Å². The Morgan fingerprint density at radius 1 is 0.923 bits per heavy atom. The molecule has 1 aliphatic rings. The minimum atomic E-state index is 0.0698. The number of nitrogens with two attached hydrogens (primary N) is 1. The van der Waals surface area contributed by atoms with Crippen molar-refractivity contribution in [3.63, 3.8) is 0 Å². The first-order valence-corrected chi connectivity index (χ1v) is 13.1. The average Bonchev–Trinajstić information content (AvgIpc) is 3.42. The Morgan fingerprint density at radius 3 is 2.33 bits per heavy atom. The second-order valence-corrected chi connectivity index (χ2v) is 9.88. The Labute approximate surface area is 228 Å². The number of carbonyl (C=O) groups excluding carboxylic acids is 1. The van der Waals surface area contributed by atoms with Crippen LogP contribution in [0.25, 0.3) is 33.6 Å². The van der Waals surface area contributed by atoms with Gasteiger partial charge in [0.1, 0.15) is 17.0 Å². The zero-order chi connectivity index (χ0) is 27.5. The highest BCUT2D eigenvalue weighted by Crippen LogP contribution is 2.43. The molecule has 4 aromatic rings. The molecule has 0 spiro atoms. The summed E-state index contributed by atoms with van der Waals surface area (Å²) in [6, 6.07) is 13.1. The molecule has 8 nitrogen and oxygen atoms in total. The summed E-state index contributed by atoms with van der Waals surface area (Å²) in [4.78, 5) is 17.9. The Hall–Kier alpha value is -4.04. The normalized spacial score (nSPS) is 17.2. The topological polar surface area (TPSA) is 106 Å². The predicted octanol–water partition coefficient (Wildman–Crippen LogP) is 6.29. The van der Waals surface area contributed by atoms with Gasteiger partial charge in [-0.1, -0.05) is 12.8 Å². The summed E-state index contributed by atoms with van der Waals surface area (Å²) in [7, 11) is 6.31. The van der Waals surface area contributed by atoms with E-state index >= 15 is 0 Å². The molecule has 8 heteroatoms. The number of hydrogen-bond donors (Lipinski definition) is 1. The number of Topliss-reactive ketones (excluding diaryl/α,β-unsaturated/α-hetero) is 1. The maximum absolute atomic E-state index is 13.4. The van der Waals surface area contributed by atoms with Crippen LogP contribution in [0.2, 0.25) is 0 Å². The van der Waals surface area contributed by atoms with Gasteiger partial charge in [0.25, 0.3) is 0 Å². The van der Waals surface area contributed by atoms with E-state index in [2.05, 4.69) is 4.98 Å². The Kier molecular flexibility index (Phi) is 7.74. The Bertz CT molecular complexity index is 1470. The number of ketones is 1. The number of methoxy groups -OCH3 is 4. The zero-order valence-corrected chi connectivity index (χ0v) is 22.8. The highest BCUT2D eigenvalue weighted by atomic mass is 16.5. The minimum absolute atomic E-state index is 0.0698. The number of rotatable bonds is 9. The van der Waals surface area contributed by atoms with Gasteiger partial charge in [-0.25, -0.2) is 0 Å². The Morgan fingerprint density at radius 2 is 1.67 bits per heavy atom. The first-order valence-electron chi connectivity index (χ1n) is 13.1. The largest absolute Gasteiger partial charge is 0.497 e. The maximum Gasteiger partial charge on any atom is 0.203 e. The van der Waals surface area contributed by atoms with Gasteiger partial charge in [-0.3, -0.25) is 9.78 Å². The molecule has 39 heavy (non-hydrogen) atoms. The fourth-order valence-electron chi connectivity index (χ4n) is 5.41. The molecule has 0 unspecified atom stereocenters. The highest BCUT2D eigenvalue weighted by Gasteiger charge is 2.25. The van der Waals surface area contributed by atoms with E-state index in [1.54, 1.807) is 40.7 Å². The maximum atomic E-state index is 13.4. The van der Waals surface area contributed by atoms with E-state index in [4.69, 9.17) is 29.1 Å². The van der Waals surface area contributed by atoms with Gasteiger partial charge in [0.15, 0.2) is 22.9 Å². The third-order valence-electron chi connectivity index (χ3n) is 7.55. The van der Waals surface area contributed by atoms with Crippen LogP contribution >= 0.6 is 0 Å². The molecule has 0 amide bonds. The van der Waals surface area contributed by atoms with E-state index < -0.39 is 0 Å². The van der Waals surface area contributed by atoms with Crippen LogP contribution in [0.5, 0.6) is 23.0 Å². The first kappa shape index (κ1) is 26.6. The predicted molar refractivity (Wildman–Crippen MR) is 150 cm³/mol. The highest BCUT2D eigenvalue weighted by molar-refractivity contribution is 6.00. The lowest BCUT2D eigenvalue weighted by Gasteiger charge is -2.28. The number of fused-ring (bicyclic) bond motifs is 1. The lowest BCUT2D eigenvalue weighted by Crippen LogP contribution is -2.34. The molecule has 1 saturated carbocycles. The van der Waals surface area contributed by atoms with Crippen molar-refractivity contribution in [2.24, 2.45) is 11.7 Å². The summed E-state index contributed by atoms with van der Waals surface area (Å²) >= 11 is 0. The zero-order valence-electron chi connectivity index (χ0n) is 22.8. The van der Waals surface area contributed by atoms with Crippen LogP contribution in [-0.2, 0) is 0 Å². The number of hydrogen-bond acceptors (Lipinski definition) is 8. The van der Waals surface area contributed by atoms with Crippen LogP contribution in [0.3, 0.4) is 0 Å². The van der Waals surface area contributed by atoms with Crippen molar-refractivity contribution in [2.45, 2.75) is 38.1 Å². The van der Waals surface area contributed by atoms with E-state index in [0.29, 0.717) is 51.8 Å². The number of nitrogens with zero attached hydrogens (tertiary/aromatic N) is 1. The summed E-state index contributed by atoms with van der Waals surface area (Å²) in [5, 5.41) is 0. The minimum Gasteiger partial charge on any atom is -0.497 e. The quantitative estimate of drug-likeness (QED) is 0.252. The molecule has 2 N–H and O–H groups in total. The van der Waals surface area contributed by atoms with Gasteiger partial charge in [0.2, 0.25) is 5.75 Å². The molecular formula is C31H34N2O6. The number of benzene rings is 2. The van der Waals surface area contributed by atoms with Crippen molar-refractivity contribution < 1.29 is 28.2 Å². The molecule has 2 atom stereocenters. The van der Waals surface area contributed by atoms with Gasteiger partial charge in [0.05, 0.1) is 28.4 Å². The van der Waals surface area contributed by atoms with Gasteiger partial charge < -0.3 is 29.1 Å². The van der Waals surface area contributed by atoms with Gasteiger partial charge in [0, 0.05) is 41.4 Å².